The first-order valence-corrected chi connectivity index (χ1v) is 6.22. The van der Waals surface area contributed by atoms with Gasteiger partial charge in [-0.1, -0.05) is 6.07 Å². The Kier molecular flexibility index (Phi) is 6.01. The van der Waals surface area contributed by atoms with Gasteiger partial charge in [0.15, 0.2) is 5.11 Å². The molecule has 0 radical (unpaired) electrons. The predicted octanol–water partition coefficient (Wildman–Crippen LogP) is 2.80. The van der Waals surface area contributed by atoms with Crippen molar-refractivity contribution in [1.82, 2.24) is 4.90 Å². The highest BCUT2D eigenvalue weighted by atomic mass is 32.1. The predicted molar refractivity (Wildman–Crippen MR) is 76.5 cm³/mol. The summed E-state index contributed by atoms with van der Waals surface area (Å²) in [6.45, 7) is 3.23. The molecule has 1 aromatic rings. The van der Waals surface area contributed by atoms with E-state index in [0.717, 1.165) is 13.0 Å². The lowest BCUT2D eigenvalue weighted by Crippen LogP contribution is -2.32. The van der Waals surface area contributed by atoms with Gasteiger partial charge in [0.2, 0.25) is 0 Å². The highest BCUT2D eigenvalue weighted by Crippen LogP contribution is 2.14. The van der Waals surface area contributed by atoms with Gasteiger partial charge in [-0.3, -0.25) is 0 Å². The Hall–Kier alpha value is -1.20. The van der Waals surface area contributed by atoms with Gasteiger partial charge in [-0.05, 0) is 43.3 Å². The Labute approximate surface area is 113 Å². The number of halogens is 1. The SMILES string of the molecule is COCCCN(C)C(=S)Nc1ccc(C)c(F)c1. The molecule has 0 aliphatic heterocycles. The molecular weight excluding hydrogens is 251 g/mol. The third-order valence-electron chi connectivity index (χ3n) is 2.61. The molecule has 0 aliphatic rings. The van der Waals surface area contributed by atoms with Gasteiger partial charge in [-0.15, -0.1) is 0 Å². The molecule has 0 atom stereocenters. The summed E-state index contributed by atoms with van der Waals surface area (Å²) in [6.07, 6.45) is 0.900. The standard InChI is InChI=1S/C13H19FN2OS/c1-10-5-6-11(9-12(10)14)15-13(18)16(2)7-4-8-17-3/h5-6,9H,4,7-8H2,1-3H3,(H,15,18). The van der Waals surface area contributed by atoms with Crippen LogP contribution >= 0.6 is 12.2 Å². The summed E-state index contributed by atoms with van der Waals surface area (Å²) >= 11 is 5.24. The third-order valence-corrected chi connectivity index (χ3v) is 3.03. The molecule has 0 aliphatic carbocycles. The third kappa shape index (κ3) is 4.58. The van der Waals surface area contributed by atoms with Crippen molar-refractivity contribution in [2.75, 3.05) is 32.6 Å². The molecular formula is C13H19FN2OS. The number of hydrogen-bond acceptors (Lipinski definition) is 2. The van der Waals surface area contributed by atoms with Crippen LogP contribution in [0, 0.1) is 12.7 Å². The molecule has 1 aromatic carbocycles. The number of rotatable bonds is 5. The van der Waals surface area contributed by atoms with E-state index < -0.39 is 0 Å². The van der Waals surface area contributed by atoms with Crippen molar-refractivity contribution < 1.29 is 9.13 Å². The monoisotopic (exact) mass is 270 g/mol. The highest BCUT2D eigenvalue weighted by molar-refractivity contribution is 7.80. The fraction of sp³-hybridized carbons (Fsp3) is 0.462. The molecule has 0 saturated carbocycles. The molecule has 0 spiro atoms. The van der Waals surface area contributed by atoms with Gasteiger partial charge in [0.25, 0.3) is 0 Å². The van der Waals surface area contributed by atoms with Crippen LogP contribution in [-0.4, -0.2) is 37.3 Å². The van der Waals surface area contributed by atoms with Crippen LogP contribution in [0.1, 0.15) is 12.0 Å². The summed E-state index contributed by atoms with van der Waals surface area (Å²) in [5, 5.41) is 3.59. The molecule has 0 saturated heterocycles. The number of methoxy groups -OCH3 is 1. The van der Waals surface area contributed by atoms with Gasteiger partial charge in [0.1, 0.15) is 5.82 Å². The zero-order chi connectivity index (χ0) is 13.5. The van der Waals surface area contributed by atoms with Crippen LogP contribution < -0.4 is 5.32 Å². The molecule has 0 bridgehead atoms. The van der Waals surface area contributed by atoms with Crippen molar-refractivity contribution >= 4 is 23.0 Å². The van der Waals surface area contributed by atoms with E-state index in [1.165, 1.54) is 6.07 Å². The van der Waals surface area contributed by atoms with E-state index >= 15 is 0 Å². The minimum Gasteiger partial charge on any atom is -0.385 e. The quantitative estimate of drug-likeness (QED) is 0.657. The van der Waals surface area contributed by atoms with Gasteiger partial charge >= 0.3 is 0 Å². The van der Waals surface area contributed by atoms with E-state index in [2.05, 4.69) is 5.32 Å². The van der Waals surface area contributed by atoms with Gasteiger partial charge in [-0.25, -0.2) is 4.39 Å². The molecule has 5 heteroatoms. The van der Waals surface area contributed by atoms with Crippen molar-refractivity contribution in [3.63, 3.8) is 0 Å². The number of thiocarbonyl (C=S) groups is 1. The zero-order valence-corrected chi connectivity index (χ0v) is 11.8. The maximum absolute atomic E-state index is 13.4. The molecule has 3 nitrogen and oxygen atoms in total. The highest BCUT2D eigenvalue weighted by Gasteiger charge is 2.05. The van der Waals surface area contributed by atoms with Crippen LogP contribution in [0.15, 0.2) is 18.2 Å². The van der Waals surface area contributed by atoms with Crippen molar-refractivity contribution in [3.05, 3.63) is 29.6 Å². The number of ether oxygens (including phenoxy) is 1. The van der Waals surface area contributed by atoms with Gasteiger partial charge in [0.05, 0.1) is 0 Å². The number of aryl methyl sites for hydroxylation is 1. The molecule has 0 heterocycles. The number of nitrogens with one attached hydrogen (secondary N) is 1. The van der Waals surface area contributed by atoms with Crippen LogP contribution in [0.2, 0.25) is 0 Å². The van der Waals surface area contributed by atoms with Crippen molar-refractivity contribution in [1.29, 1.82) is 0 Å². The Balaban J connectivity index is 2.50. The molecule has 0 aromatic heterocycles. The molecule has 1 N–H and O–H groups in total. The number of benzene rings is 1. The largest absolute Gasteiger partial charge is 0.385 e. The van der Waals surface area contributed by atoms with Gasteiger partial charge in [-0.2, -0.15) is 0 Å². The number of anilines is 1. The summed E-state index contributed by atoms with van der Waals surface area (Å²) in [5.74, 6) is -0.232. The first-order valence-electron chi connectivity index (χ1n) is 5.82. The smallest absolute Gasteiger partial charge is 0.173 e. The Morgan fingerprint density at radius 3 is 2.83 bits per heavy atom. The van der Waals surface area contributed by atoms with Gasteiger partial charge in [0, 0.05) is 33.0 Å². The van der Waals surface area contributed by atoms with E-state index in [1.807, 2.05) is 18.0 Å². The van der Waals surface area contributed by atoms with Crippen LogP contribution in [-0.2, 0) is 4.74 Å². The van der Waals surface area contributed by atoms with Crippen LogP contribution in [0.25, 0.3) is 0 Å². The number of nitrogens with zero attached hydrogens (tertiary/aromatic N) is 1. The lowest BCUT2D eigenvalue weighted by molar-refractivity contribution is 0.189. The Morgan fingerprint density at radius 1 is 1.50 bits per heavy atom. The summed E-state index contributed by atoms with van der Waals surface area (Å²) in [4.78, 5) is 1.91. The van der Waals surface area contributed by atoms with E-state index in [1.54, 1.807) is 20.1 Å². The lowest BCUT2D eigenvalue weighted by atomic mass is 10.2. The second-order valence-electron chi connectivity index (χ2n) is 4.16. The van der Waals surface area contributed by atoms with Crippen LogP contribution in [0.3, 0.4) is 0 Å². The van der Waals surface area contributed by atoms with Gasteiger partial charge < -0.3 is 15.0 Å². The van der Waals surface area contributed by atoms with Crippen LogP contribution in [0.5, 0.6) is 0 Å². The minimum absolute atomic E-state index is 0.232. The minimum atomic E-state index is -0.232. The summed E-state index contributed by atoms with van der Waals surface area (Å²) in [6, 6.07) is 4.99. The molecule has 0 fully saturated rings. The molecule has 18 heavy (non-hydrogen) atoms. The second kappa shape index (κ2) is 7.28. The Bertz CT molecular complexity index is 412. The van der Waals surface area contributed by atoms with Crippen molar-refractivity contribution in [2.24, 2.45) is 0 Å². The topological polar surface area (TPSA) is 24.5 Å². The number of hydrogen-bond donors (Lipinski definition) is 1. The van der Waals surface area contributed by atoms with E-state index in [9.17, 15) is 4.39 Å². The average molecular weight is 270 g/mol. The summed E-state index contributed by atoms with van der Waals surface area (Å²) in [7, 11) is 3.57. The fourth-order valence-electron chi connectivity index (χ4n) is 1.44. The normalized spacial score (nSPS) is 10.2. The first-order chi connectivity index (χ1) is 8.54. The summed E-state index contributed by atoms with van der Waals surface area (Å²) in [5.41, 5.74) is 1.29. The van der Waals surface area contributed by atoms with E-state index in [-0.39, 0.29) is 5.82 Å². The molecule has 100 valence electrons. The first kappa shape index (κ1) is 14.9. The second-order valence-corrected chi connectivity index (χ2v) is 4.55. The van der Waals surface area contributed by atoms with E-state index in [4.69, 9.17) is 17.0 Å². The molecule has 1 rings (SSSR count). The maximum Gasteiger partial charge on any atom is 0.173 e. The van der Waals surface area contributed by atoms with Crippen molar-refractivity contribution in [3.8, 4) is 0 Å². The maximum atomic E-state index is 13.4. The average Bonchev–Trinajstić information content (AvgIpc) is 2.34. The molecule has 0 unspecified atom stereocenters. The fourth-order valence-corrected chi connectivity index (χ4v) is 1.65. The molecule has 0 amide bonds. The lowest BCUT2D eigenvalue weighted by Gasteiger charge is -2.21. The van der Waals surface area contributed by atoms with E-state index in [0.29, 0.717) is 23.0 Å². The Morgan fingerprint density at radius 2 is 2.22 bits per heavy atom. The zero-order valence-electron chi connectivity index (χ0n) is 11.0. The van der Waals surface area contributed by atoms with Crippen LogP contribution in [0.4, 0.5) is 10.1 Å². The van der Waals surface area contributed by atoms with Crippen molar-refractivity contribution in [2.45, 2.75) is 13.3 Å². The summed E-state index contributed by atoms with van der Waals surface area (Å²) < 4.78 is 18.3.